The van der Waals surface area contributed by atoms with Crippen molar-refractivity contribution in [2.45, 2.75) is 20.0 Å². The van der Waals surface area contributed by atoms with E-state index in [2.05, 4.69) is 15.3 Å². The maximum absolute atomic E-state index is 12.4. The van der Waals surface area contributed by atoms with Gasteiger partial charge < -0.3 is 5.32 Å². The fourth-order valence-corrected chi connectivity index (χ4v) is 3.95. The second-order valence-corrected chi connectivity index (χ2v) is 7.54. The number of alkyl halides is 3. The number of anilines is 3. The lowest BCUT2D eigenvalue weighted by atomic mass is 10.1. The molecule has 0 radical (unpaired) electrons. The summed E-state index contributed by atoms with van der Waals surface area (Å²) in [4.78, 5) is 31.5. The lowest BCUT2D eigenvalue weighted by Gasteiger charge is -2.04. The van der Waals surface area contributed by atoms with Gasteiger partial charge in [0.15, 0.2) is 16.0 Å². The third-order valence-corrected chi connectivity index (χ3v) is 5.38. The zero-order valence-electron chi connectivity index (χ0n) is 14.5. The first-order valence-corrected chi connectivity index (χ1v) is 9.52. The average molecular weight is 426 g/mol. The quantitative estimate of drug-likeness (QED) is 0.560. The van der Waals surface area contributed by atoms with Gasteiger partial charge in [-0.2, -0.15) is 13.2 Å². The summed E-state index contributed by atoms with van der Waals surface area (Å²) in [5, 5.41) is 6.96. The lowest BCUT2D eigenvalue weighted by molar-refractivity contribution is -0.167. The van der Waals surface area contributed by atoms with Crippen LogP contribution in [0.15, 0.2) is 29.6 Å². The number of halogens is 3. The molecule has 0 fully saturated rings. The van der Waals surface area contributed by atoms with Crippen LogP contribution in [0.3, 0.4) is 0 Å². The van der Waals surface area contributed by atoms with Crippen LogP contribution in [-0.4, -0.2) is 27.8 Å². The van der Waals surface area contributed by atoms with Crippen molar-refractivity contribution in [2.75, 3.05) is 10.6 Å². The van der Waals surface area contributed by atoms with Crippen LogP contribution in [-0.2, 0) is 4.79 Å². The first kappa shape index (κ1) is 20.0. The Labute approximate surface area is 165 Å². The molecule has 3 rings (SSSR count). The normalized spacial score (nSPS) is 11.3. The summed E-state index contributed by atoms with van der Waals surface area (Å²) < 4.78 is 37.1. The Kier molecular flexibility index (Phi) is 5.47. The molecule has 0 bridgehead atoms. The molecule has 6 nitrogen and oxygen atoms in total. The van der Waals surface area contributed by atoms with Gasteiger partial charge in [-0.1, -0.05) is 23.5 Å². The number of amides is 1. The predicted molar refractivity (Wildman–Crippen MR) is 102 cm³/mol. The van der Waals surface area contributed by atoms with E-state index in [1.807, 2.05) is 0 Å². The van der Waals surface area contributed by atoms with Crippen molar-refractivity contribution in [3.63, 3.8) is 0 Å². The second-order valence-electron chi connectivity index (χ2n) is 5.69. The number of aryl methyl sites for hydroxylation is 1. The SMILES string of the molecule is CC(=O)c1cccc(Nc2nc(-c3sc(NC(=O)C(F)(F)F)nc3C)cs2)c1. The maximum atomic E-state index is 12.4. The Bertz CT molecular complexity index is 1040. The molecule has 0 aliphatic rings. The van der Waals surface area contributed by atoms with E-state index >= 15 is 0 Å². The number of thiazole rings is 2. The van der Waals surface area contributed by atoms with Crippen LogP contribution in [0.1, 0.15) is 23.0 Å². The van der Waals surface area contributed by atoms with Crippen molar-refractivity contribution < 1.29 is 22.8 Å². The standard InChI is InChI=1S/C17H13F3N4O2S2/c1-8-13(28-16(21-8)24-14(26)17(18,19)20)12-7-27-15(23-12)22-11-5-3-4-10(6-11)9(2)25/h3-7H,1-2H3,(H,22,23)(H,21,24,26). The van der Waals surface area contributed by atoms with Crippen molar-refractivity contribution in [2.24, 2.45) is 0 Å². The number of rotatable bonds is 5. The van der Waals surface area contributed by atoms with E-state index in [0.717, 1.165) is 11.3 Å². The molecule has 0 aliphatic carbocycles. The van der Waals surface area contributed by atoms with Gasteiger partial charge in [0, 0.05) is 16.6 Å². The van der Waals surface area contributed by atoms with Gasteiger partial charge in [0.1, 0.15) is 0 Å². The Morgan fingerprint density at radius 2 is 1.89 bits per heavy atom. The molecule has 0 atom stereocenters. The van der Waals surface area contributed by atoms with Crippen molar-refractivity contribution >= 4 is 50.3 Å². The van der Waals surface area contributed by atoms with Crippen LogP contribution in [0.5, 0.6) is 0 Å². The Morgan fingerprint density at radius 1 is 1.14 bits per heavy atom. The monoisotopic (exact) mass is 426 g/mol. The van der Waals surface area contributed by atoms with Crippen LogP contribution < -0.4 is 10.6 Å². The third-order valence-electron chi connectivity index (χ3n) is 3.53. The predicted octanol–water partition coefficient (Wildman–Crippen LogP) is 5.02. The molecular weight excluding hydrogens is 413 g/mol. The fourth-order valence-electron chi connectivity index (χ4n) is 2.23. The molecule has 1 amide bonds. The number of aromatic nitrogens is 2. The van der Waals surface area contributed by atoms with E-state index in [1.165, 1.54) is 18.3 Å². The van der Waals surface area contributed by atoms with Gasteiger partial charge in [-0.25, -0.2) is 9.97 Å². The molecule has 28 heavy (non-hydrogen) atoms. The summed E-state index contributed by atoms with van der Waals surface area (Å²) in [5.41, 5.74) is 2.23. The lowest BCUT2D eigenvalue weighted by Crippen LogP contribution is -2.29. The Morgan fingerprint density at radius 3 is 2.57 bits per heavy atom. The van der Waals surface area contributed by atoms with E-state index < -0.39 is 12.1 Å². The largest absolute Gasteiger partial charge is 0.471 e. The molecule has 0 unspecified atom stereocenters. The van der Waals surface area contributed by atoms with Crippen LogP contribution >= 0.6 is 22.7 Å². The van der Waals surface area contributed by atoms with Crippen molar-refractivity contribution in [1.29, 1.82) is 0 Å². The third kappa shape index (κ3) is 4.54. The van der Waals surface area contributed by atoms with E-state index in [4.69, 9.17) is 0 Å². The molecule has 11 heteroatoms. The Hall–Kier alpha value is -2.79. The molecule has 3 aromatic rings. The summed E-state index contributed by atoms with van der Waals surface area (Å²) in [5.74, 6) is -2.13. The molecule has 1 aromatic carbocycles. The average Bonchev–Trinajstić information content (AvgIpc) is 3.20. The highest BCUT2D eigenvalue weighted by Crippen LogP contribution is 2.35. The molecule has 2 N–H and O–H groups in total. The van der Waals surface area contributed by atoms with Gasteiger partial charge in [0.25, 0.3) is 0 Å². The first-order valence-electron chi connectivity index (χ1n) is 7.83. The van der Waals surface area contributed by atoms with E-state index in [-0.39, 0.29) is 10.9 Å². The van der Waals surface area contributed by atoms with Crippen LogP contribution in [0.2, 0.25) is 0 Å². The first-order chi connectivity index (χ1) is 13.1. The molecule has 146 valence electrons. The summed E-state index contributed by atoms with van der Waals surface area (Å²) >= 11 is 2.21. The molecule has 0 aliphatic heterocycles. The second kappa shape index (κ2) is 7.68. The highest BCUT2D eigenvalue weighted by atomic mass is 32.1. The van der Waals surface area contributed by atoms with Gasteiger partial charge in [0.05, 0.1) is 16.3 Å². The minimum atomic E-state index is -4.98. The van der Waals surface area contributed by atoms with E-state index in [9.17, 15) is 22.8 Å². The van der Waals surface area contributed by atoms with Gasteiger partial charge >= 0.3 is 12.1 Å². The minimum absolute atomic E-state index is 0.0582. The van der Waals surface area contributed by atoms with Crippen LogP contribution in [0, 0.1) is 6.92 Å². The molecule has 0 saturated carbocycles. The highest BCUT2D eigenvalue weighted by Gasteiger charge is 2.39. The van der Waals surface area contributed by atoms with Crippen molar-refractivity contribution in [3.8, 4) is 10.6 Å². The summed E-state index contributed by atoms with van der Waals surface area (Å²) in [6.45, 7) is 3.10. The maximum Gasteiger partial charge on any atom is 0.471 e. The smallest absolute Gasteiger partial charge is 0.332 e. The molecule has 0 spiro atoms. The van der Waals surface area contributed by atoms with Gasteiger partial charge in [-0.3, -0.25) is 14.9 Å². The number of nitrogens with zero attached hydrogens (tertiary/aromatic N) is 2. The summed E-state index contributed by atoms with van der Waals surface area (Å²) in [6, 6.07) is 6.94. The fraction of sp³-hybridized carbons (Fsp3) is 0.176. The Balaban J connectivity index is 1.78. The molecule has 2 aromatic heterocycles. The zero-order chi connectivity index (χ0) is 20.5. The summed E-state index contributed by atoms with van der Waals surface area (Å²) in [6.07, 6.45) is -4.98. The van der Waals surface area contributed by atoms with E-state index in [1.54, 1.807) is 41.9 Å². The molecule has 2 heterocycles. The number of hydrogen-bond acceptors (Lipinski definition) is 7. The van der Waals surface area contributed by atoms with Crippen LogP contribution in [0.25, 0.3) is 10.6 Å². The van der Waals surface area contributed by atoms with Crippen LogP contribution in [0.4, 0.5) is 29.1 Å². The topological polar surface area (TPSA) is 84.0 Å². The van der Waals surface area contributed by atoms with Crippen molar-refractivity contribution in [1.82, 2.24) is 9.97 Å². The number of nitrogens with one attached hydrogen (secondary N) is 2. The van der Waals surface area contributed by atoms with Crippen molar-refractivity contribution in [3.05, 3.63) is 40.9 Å². The zero-order valence-corrected chi connectivity index (χ0v) is 16.2. The number of hydrogen-bond donors (Lipinski definition) is 2. The number of carbonyl (C=O) groups excluding carboxylic acids is 2. The number of benzene rings is 1. The highest BCUT2D eigenvalue weighted by molar-refractivity contribution is 7.20. The molecule has 0 saturated heterocycles. The minimum Gasteiger partial charge on any atom is -0.332 e. The van der Waals surface area contributed by atoms with Gasteiger partial charge in [-0.05, 0) is 26.0 Å². The van der Waals surface area contributed by atoms with Gasteiger partial charge in [-0.15, -0.1) is 11.3 Å². The number of carbonyl (C=O) groups is 2. The van der Waals surface area contributed by atoms with Gasteiger partial charge in [0.2, 0.25) is 0 Å². The van der Waals surface area contributed by atoms with E-state index in [0.29, 0.717) is 32.6 Å². The number of Topliss-reactive ketones (excluding diaryl/α,β-unsaturated/α-hetero) is 1. The summed E-state index contributed by atoms with van der Waals surface area (Å²) in [7, 11) is 0. The number of ketones is 1. The molecular formula is C17H13F3N4O2S2.